The summed E-state index contributed by atoms with van der Waals surface area (Å²) in [6, 6.07) is 4.86. The summed E-state index contributed by atoms with van der Waals surface area (Å²) in [7, 11) is 1.72. The van der Waals surface area contributed by atoms with Gasteiger partial charge >= 0.3 is 5.97 Å². The predicted octanol–water partition coefficient (Wildman–Crippen LogP) is 1.00. The Balaban J connectivity index is 2.76. The summed E-state index contributed by atoms with van der Waals surface area (Å²) in [6.07, 6.45) is -0.125. The van der Waals surface area contributed by atoms with E-state index in [1.165, 1.54) is 12.3 Å². The van der Waals surface area contributed by atoms with E-state index in [9.17, 15) is 15.0 Å². The minimum atomic E-state index is -1.63. The number of carboxylic acids is 1. The maximum atomic E-state index is 10.7. The SMILES string of the molecule is Cn1cc(C(O)C(=O)O)c2c(O)cccc21. The lowest BCUT2D eigenvalue weighted by Crippen LogP contribution is -2.09. The van der Waals surface area contributed by atoms with Gasteiger partial charge in [-0.05, 0) is 12.1 Å². The van der Waals surface area contributed by atoms with Crippen LogP contribution in [0, 0.1) is 0 Å². The van der Waals surface area contributed by atoms with E-state index in [0.717, 1.165) is 0 Å². The zero-order valence-corrected chi connectivity index (χ0v) is 8.58. The minimum Gasteiger partial charge on any atom is -0.507 e. The fourth-order valence-corrected chi connectivity index (χ4v) is 1.80. The van der Waals surface area contributed by atoms with E-state index in [0.29, 0.717) is 10.9 Å². The third-order valence-corrected chi connectivity index (χ3v) is 2.55. The van der Waals surface area contributed by atoms with E-state index in [2.05, 4.69) is 0 Å². The van der Waals surface area contributed by atoms with Crippen molar-refractivity contribution in [2.75, 3.05) is 0 Å². The van der Waals surface area contributed by atoms with Gasteiger partial charge in [0, 0.05) is 24.2 Å². The third kappa shape index (κ3) is 1.42. The minimum absolute atomic E-state index is 0.0339. The molecule has 0 radical (unpaired) electrons. The van der Waals surface area contributed by atoms with E-state index in [4.69, 9.17) is 5.11 Å². The number of aliphatic hydroxyl groups is 1. The maximum absolute atomic E-state index is 10.7. The van der Waals surface area contributed by atoms with Gasteiger partial charge in [0.05, 0.1) is 5.52 Å². The van der Waals surface area contributed by atoms with Crippen LogP contribution in [0.5, 0.6) is 5.75 Å². The average molecular weight is 221 g/mol. The maximum Gasteiger partial charge on any atom is 0.337 e. The molecule has 0 saturated carbocycles. The fraction of sp³-hybridized carbons (Fsp3) is 0.182. The molecule has 1 heterocycles. The van der Waals surface area contributed by atoms with Gasteiger partial charge in [0.2, 0.25) is 0 Å². The predicted molar refractivity (Wildman–Crippen MR) is 57.2 cm³/mol. The van der Waals surface area contributed by atoms with E-state index < -0.39 is 12.1 Å². The van der Waals surface area contributed by atoms with Crippen LogP contribution in [0.3, 0.4) is 0 Å². The number of aliphatic carboxylic acids is 1. The van der Waals surface area contributed by atoms with Gasteiger partial charge < -0.3 is 19.9 Å². The molecule has 0 aliphatic carbocycles. The lowest BCUT2D eigenvalue weighted by atomic mass is 10.1. The number of carbonyl (C=O) groups is 1. The monoisotopic (exact) mass is 221 g/mol. The van der Waals surface area contributed by atoms with Gasteiger partial charge in [-0.1, -0.05) is 6.07 Å². The Labute approximate surface area is 91.2 Å². The van der Waals surface area contributed by atoms with Crippen LogP contribution in [0.15, 0.2) is 24.4 Å². The number of aliphatic hydroxyl groups excluding tert-OH is 1. The van der Waals surface area contributed by atoms with E-state index in [1.54, 1.807) is 23.7 Å². The molecule has 84 valence electrons. The highest BCUT2D eigenvalue weighted by Crippen LogP contribution is 2.32. The number of aryl methyl sites for hydroxylation is 1. The second kappa shape index (κ2) is 3.53. The van der Waals surface area contributed by atoms with Crippen molar-refractivity contribution < 1.29 is 20.1 Å². The van der Waals surface area contributed by atoms with Crippen molar-refractivity contribution in [2.45, 2.75) is 6.10 Å². The number of rotatable bonds is 2. The summed E-state index contributed by atoms with van der Waals surface area (Å²) in [4.78, 5) is 10.7. The molecule has 0 bridgehead atoms. The summed E-state index contributed by atoms with van der Waals surface area (Å²) < 4.78 is 1.66. The number of phenolic OH excluding ortho intramolecular Hbond substituents is 1. The standard InChI is InChI=1S/C11H11NO4/c1-12-5-6(10(14)11(15)16)9-7(12)3-2-4-8(9)13/h2-5,10,13-14H,1H3,(H,15,16). The highest BCUT2D eigenvalue weighted by molar-refractivity contribution is 5.93. The Bertz CT molecular complexity index is 558. The zero-order valence-electron chi connectivity index (χ0n) is 8.58. The summed E-state index contributed by atoms with van der Waals surface area (Å²) in [5, 5.41) is 28.3. The van der Waals surface area contributed by atoms with Crippen molar-refractivity contribution in [1.82, 2.24) is 4.57 Å². The van der Waals surface area contributed by atoms with Gasteiger partial charge in [-0.3, -0.25) is 0 Å². The molecule has 3 N–H and O–H groups in total. The van der Waals surface area contributed by atoms with Gasteiger partial charge in [-0.2, -0.15) is 0 Å². The molecule has 1 aromatic carbocycles. The topological polar surface area (TPSA) is 82.7 Å². The number of aromatic hydroxyl groups is 1. The van der Waals surface area contributed by atoms with E-state index in [-0.39, 0.29) is 11.3 Å². The summed E-state index contributed by atoms with van der Waals surface area (Å²) >= 11 is 0. The molecule has 0 saturated heterocycles. The number of hydrogen-bond donors (Lipinski definition) is 3. The molecule has 16 heavy (non-hydrogen) atoms. The number of carboxylic acid groups (broad SMARTS) is 1. The van der Waals surface area contributed by atoms with E-state index >= 15 is 0 Å². The molecule has 1 atom stereocenters. The second-order valence-corrected chi connectivity index (χ2v) is 3.61. The molecular formula is C11H11NO4. The van der Waals surface area contributed by atoms with Crippen LogP contribution >= 0.6 is 0 Å². The Hall–Kier alpha value is -2.01. The van der Waals surface area contributed by atoms with Crippen molar-refractivity contribution in [2.24, 2.45) is 7.05 Å². The molecule has 0 fully saturated rings. The van der Waals surface area contributed by atoms with Crippen LogP contribution < -0.4 is 0 Å². The summed E-state index contributed by atoms with van der Waals surface area (Å²) in [6.45, 7) is 0. The first-order chi connectivity index (χ1) is 7.52. The van der Waals surface area contributed by atoms with Gasteiger partial charge in [0.15, 0.2) is 6.10 Å². The first kappa shape index (κ1) is 10.5. The molecule has 1 aromatic heterocycles. The van der Waals surface area contributed by atoms with Crippen LogP contribution in [0.1, 0.15) is 11.7 Å². The summed E-state index contributed by atoms with van der Waals surface area (Å²) in [5.74, 6) is -1.37. The summed E-state index contributed by atoms with van der Waals surface area (Å²) in [5.41, 5.74) is 0.874. The van der Waals surface area contributed by atoms with Crippen LogP contribution in [0.2, 0.25) is 0 Å². The molecule has 2 aromatic rings. The smallest absolute Gasteiger partial charge is 0.337 e. The Morgan fingerprint density at radius 1 is 1.44 bits per heavy atom. The average Bonchev–Trinajstić information content (AvgIpc) is 2.57. The van der Waals surface area contributed by atoms with Crippen molar-refractivity contribution in [3.63, 3.8) is 0 Å². The van der Waals surface area contributed by atoms with Gasteiger partial charge in [0.25, 0.3) is 0 Å². The van der Waals surface area contributed by atoms with Crippen molar-refractivity contribution in [3.8, 4) is 5.75 Å². The molecule has 0 amide bonds. The lowest BCUT2D eigenvalue weighted by Gasteiger charge is -2.04. The normalized spacial score (nSPS) is 12.9. The van der Waals surface area contributed by atoms with Crippen LogP contribution in [-0.2, 0) is 11.8 Å². The molecule has 0 spiro atoms. The third-order valence-electron chi connectivity index (χ3n) is 2.55. The Morgan fingerprint density at radius 3 is 2.75 bits per heavy atom. The van der Waals surface area contributed by atoms with Crippen LogP contribution in [-0.4, -0.2) is 25.9 Å². The fourth-order valence-electron chi connectivity index (χ4n) is 1.80. The molecule has 0 aliphatic heterocycles. The van der Waals surface area contributed by atoms with Crippen molar-refractivity contribution in [3.05, 3.63) is 30.0 Å². The van der Waals surface area contributed by atoms with Crippen LogP contribution in [0.25, 0.3) is 10.9 Å². The first-order valence-corrected chi connectivity index (χ1v) is 4.70. The molecular weight excluding hydrogens is 210 g/mol. The number of phenols is 1. The second-order valence-electron chi connectivity index (χ2n) is 3.61. The highest BCUT2D eigenvalue weighted by Gasteiger charge is 2.22. The number of nitrogens with zero attached hydrogens (tertiary/aromatic N) is 1. The first-order valence-electron chi connectivity index (χ1n) is 4.70. The van der Waals surface area contributed by atoms with E-state index in [1.807, 2.05) is 0 Å². The van der Waals surface area contributed by atoms with Gasteiger partial charge in [-0.25, -0.2) is 4.79 Å². The quantitative estimate of drug-likeness (QED) is 0.706. The highest BCUT2D eigenvalue weighted by atomic mass is 16.4. The van der Waals surface area contributed by atoms with Gasteiger partial charge in [0.1, 0.15) is 5.75 Å². The van der Waals surface area contributed by atoms with Gasteiger partial charge in [-0.15, -0.1) is 0 Å². The molecule has 5 nitrogen and oxygen atoms in total. The van der Waals surface area contributed by atoms with Crippen LogP contribution in [0.4, 0.5) is 0 Å². The number of fused-ring (bicyclic) bond motifs is 1. The lowest BCUT2D eigenvalue weighted by molar-refractivity contribution is -0.146. The number of hydrogen-bond acceptors (Lipinski definition) is 3. The molecule has 2 rings (SSSR count). The zero-order chi connectivity index (χ0) is 11.9. The molecule has 1 unspecified atom stereocenters. The van der Waals surface area contributed by atoms with Crippen molar-refractivity contribution >= 4 is 16.9 Å². The number of aromatic nitrogens is 1. The molecule has 5 heteroatoms. The number of benzene rings is 1. The molecule has 0 aliphatic rings. The Kier molecular flexibility index (Phi) is 2.32. The van der Waals surface area contributed by atoms with Crippen molar-refractivity contribution in [1.29, 1.82) is 0 Å². The largest absolute Gasteiger partial charge is 0.507 e. The Morgan fingerprint density at radius 2 is 2.12 bits per heavy atom.